The van der Waals surface area contributed by atoms with Crippen LogP contribution in [0.1, 0.15) is 132 Å². The zero-order valence-electron chi connectivity index (χ0n) is 22.6. The van der Waals surface area contributed by atoms with Gasteiger partial charge in [0, 0.05) is 0 Å². The molecule has 0 unspecified atom stereocenters. The van der Waals surface area contributed by atoms with Crippen molar-refractivity contribution in [3.63, 3.8) is 0 Å². The fraction of sp³-hybridized carbons (Fsp3) is 0.618. The molecule has 2 heteroatoms. The number of thiocarbonyl (C=S) groups is 1. The molecule has 36 heavy (non-hydrogen) atoms. The summed E-state index contributed by atoms with van der Waals surface area (Å²) in [6, 6.07) is 18.4. The summed E-state index contributed by atoms with van der Waals surface area (Å²) in [5.74, 6) is 3.40. The smallest absolute Gasteiger partial charge is 0.0739 e. The van der Waals surface area contributed by atoms with Crippen LogP contribution >= 0.6 is 12.2 Å². The summed E-state index contributed by atoms with van der Waals surface area (Å²) >= 11 is 4.71. The highest BCUT2D eigenvalue weighted by Gasteiger charge is 2.23. The van der Waals surface area contributed by atoms with Gasteiger partial charge in [0.2, 0.25) is 0 Å². The molecule has 0 spiro atoms. The number of unbranched alkanes of at least 4 members (excludes halogenated alkanes) is 4. The first-order valence-corrected chi connectivity index (χ1v) is 15.4. The van der Waals surface area contributed by atoms with Gasteiger partial charge in [-0.25, -0.2) is 0 Å². The predicted molar refractivity (Wildman–Crippen MR) is 159 cm³/mol. The van der Waals surface area contributed by atoms with E-state index in [2.05, 4.69) is 65.6 Å². The van der Waals surface area contributed by atoms with Gasteiger partial charge in [-0.3, -0.25) is 0 Å². The molecule has 0 saturated heterocycles. The third-order valence-corrected chi connectivity index (χ3v) is 9.33. The number of hydrogen-bond donors (Lipinski definition) is 0. The molecular formula is C34H47NS. The molecule has 2 aliphatic carbocycles. The first kappa shape index (κ1) is 27.3. The normalized spacial score (nSPS) is 24.2. The Morgan fingerprint density at radius 2 is 1.19 bits per heavy atom. The maximum atomic E-state index is 4.71. The molecule has 2 fully saturated rings. The Balaban J connectivity index is 1.14. The Morgan fingerprint density at radius 1 is 0.667 bits per heavy atom. The van der Waals surface area contributed by atoms with Crippen molar-refractivity contribution in [2.24, 2.45) is 16.8 Å². The lowest BCUT2D eigenvalue weighted by atomic mass is 9.76. The molecule has 0 radical (unpaired) electrons. The van der Waals surface area contributed by atoms with E-state index < -0.39 is 0 Å². The molecular weight excluding hydrogens is 454 g/mol. The standard InChI is InChI=1S/C34H47NS/c1-2-3-4-5-6-7-27-10-16-30(17-11-27)31-18-12-28(13-19-31)8-9-29-14-20-32(21-15-29)33-22-24-34(25-23-33)35-26-36/h12-13,18-19,22-25,27,29-30,32H,2-11,14-17,20-21H2,1H3. The quantitative estimate of drug-likeness (QED) is 0.160. The summed E-state index contributed by atoms with van der Waals surface area (Å²) < 4.78 is 0. The van der Waals surface area contributed by atoms with Gasteiger partial charge in [0.15, 0.2) is 0 Å². The maximum absolute atomic E-state index is 4.71. The maximum Gasteiger partial charge on any atom is 0.0739 e. The molecule has 2 aromatic rings. The second-order valence-corrected chi connectivity index (χ2v) is 11.9. The van der Waals surface area contributed by atoms with Crippen molar-refractivity contribution in [3.8, 4) is 0 Å². The lowest BCUT2D eigenvalue weighted by molar-refractivity contribution is 0.302. The molecule has 0 atom stereocenters. The van der Waals surface area contributed by atoms with Gasteiger partial charge in [0.1, 0.15) is 0 Å². The van der Waals surface area contributed by atoms with Crippen LogP contribution in [0, 0.1) is 11.8 Å². The van der Waals surface area contributed by atoms with E-state index in [1.165, 1.54) is 114 Å². The van der Waals surface area contributed by atoms with E-state index in [1.54, 1.807) is 5.56 Å². The average molecular weight is 502 g/mol. The Hall–Kier alpha value is -1.76. The molecule has 0 heterocycles. The van der Waals surface area contributed by atoms with E-state index in [0.717, 1.165) is 23.4 Å². The molecule has 194 valence electrons. The van der Waals surface area contributed by atoms with Crippen LogP contribution < -0.4 is 0 Å². The molecule has 1 nitrogen and oxygen atoms in total. The summed E-state index contributed by atoms with van der Waals surface area (Å²) in [7, 11) is 0. The number of isothiocyanates is 1. The SMILES string of the molecule is CCCCCCCC1CCC(c2ccc(CCC3CCC(c4ccc(N=C=S)cc4)CC3)cc2)CC1. The van der Waals surface area contributed by atoms with Crippen LogP contribution in [0.15, 0.2) is 53.5 Å². The summed E-state index contributed by atoms with van der Waals surface area (Å²) in [5.41, 5.74) is 5.52. The second-order valence-electron chi connectivity index (χ2n) is 11.7. The number of benzene rings is 2. The highest BCUT2D eigenvalue weighted by molar-refractivity contribution is 7.78. The zero-order valence-corrected chi connectivity index (χ0v) is 23.4. The minimum atomic E-state index is 0.710. The van der Waals surface area contributed by atoms with Gasteiger partial charge in [0.05, 0.1) is 10.8 Å². The van der Waals surface area contributed by atoms with Crippen LogP contribution in [0.3, 0.4) is 0 Å². The number of aryl methyl sites for hydroxylation is 1. The minimum Gasteiger partial charge on any atom is -0.195 e. The number of nitrogens with zero attached hydrogens (tertiary/aromatic N) is 1. The highest BCUT2D eigenvalue weighted by Crippen LogP contribution is 2.39. The van der Waals surface area contributed by atoms with Crippen molar-refractivity contribution < 1.29 is 0 Å². The van der Waals surface area contributed by atoms with E-state index in [9.17, 15) is 0 Å². The van der Waals surface area contributed by atoms with Gasteiger partial charge in [0.25, 0.3) is 0 Å². The van der Waals surface area contributed by atoms with Crippen LogP contribution in [0.25, 0.3) is 0 Å². The van der Waals surface area contributed by atoms with Gasteiger partial charge in [-0.15, -0.1) is 0 Å². The number of rotatable bonds is 12. The van der Waals surface area contributed by atoms with Crippen molar-refractivity contribution in [1.29, 1.82) is 0 Å². The average Bonchev–Trinajstić information content (AvgIpc) is 2.93. The molecule has 0 N–H and O–H groups in total. The summed E-state index contributed by atoms with van der Waals surface area (Å²) in [5, 5.41) is 2.46. The van der Waals surface area contributed by atoms with Crippen molar-refractivity contribution >= 4 is 23.1 Å². The van der Waals surface area contributed by atoms with E-state index in [-0.39, 0.29) is 0 Å². The minimum absolute atomic E-state index is 0.710. The largest absolute Gasteiger partial charge is 0.195 e. The second kappa shape index (κ2) is 14.8. The van der Waals surface area contributed by atoms with Gasteiger partial charge in [-0.1, -0.05) is 81.8 Å². The van der Waals surface area contributed by atoms with Crippen LogP contribution in [-0.4, -0.2) is 5.16 Å². The highest BCUT2D eigenvalue weighted by atomic mass is 32.1. The molecule has 2 saturated carbocycles. The fourth-order valence-corrected chi connectivity index (χ4v) is 6.91. The van der Waals surface area contributed by atoms with E-state index in [1.807, 2.05) is 0 Å². The molecule has 0 aromatic heterocycles. The lowest BCUT2D eigenvalue weighted by Crippen LogP contribution is -2.14. The number of aliphatic imine (C=N–C) groups is 1. The number of hydrogen-bond acceptors (Lipinski definition) is 2. The predicted octanol–water partition coefficient (Wildman–Crippen LogP) is 11.0. The van der Waals surface area contributed by atoms with Gasteiger partial charge < -0.3 is 0 Å². The zero-order chi connectivity index (χ0) is 25.0. The van der Waals surface area contributed by atoms with Crippen molar-refractivity contribution in [3.05, 3.63) is 65.2 Å². The molecule has 0 amide bonds. The van der Waals surface area contributed by atoms with Crippen molar-refractivity contribution in [2.45, 2.75) is 121 Å². The lowest BCUT2D eigenvalue weighted by Gasteiger charge is -2.29. The fourth-order valence-electron chi connectivity index (χ4n) is 6.81. The van der Waals surface area contributed by atoms with Crippen LogP contribution in [0.4, 0.5) is 5.69 Å². The van der Waals surface area contributed by atoms with Crippen molar-refractivity contribution in [2.75, 3.05) is 0 Å². The molecule has 0 bridgehead atoms. The third kappa shape index (κ3) is 8.39. The first-order chi connectivity index (χ1) is 17.7. The summed E-state index contributed by atoms with van der Waals surface area (Å²) in [6.45, 7) is 2.31. The Kier molecular flexibility index (Phi) is 11.3. The van der Waals surface area contributed by atoms with Crippen LogP contribution in [0.2, 0.25) is 0 Å². The van der Waals surface area contributed by atoms with E-state index in [4.69, 9.17) is 12.2 Å². The topological polar surface area (TPSA) is 12.4 Å². The molecule has 2 aromatic carbocycles. The summed E-state index contributed by atoms with van der Waals surface area (Å²) in [4.78, 5) is 4.07. The van der Waals surface area contributed by atoms with Gasteiger partial charge >= 0.3 is 0 Å². The van der Waals surface area contributed by atoms with Gasteiger partial charge in [-0.05, 0) is 129 Å². The Morgan fingerprint density at radius 3 is 1.75 bits per heavy atom. The molecule has 0 aliphatic heterocycles. The van der Waals surface area contributed by atoms with E-state index in [0.29, 0.717) is 5.92 Å². The van der Waals surface area contributed by atoms with Gasteiger partial charge in [-0.2, -0.15) is 4.99 Å². The molecule has 2 aliphatic rings. The first-order valence-electron chi connectivity index (χ1n) is 15.0. The summed E-state index contributed by atoms with van der Waals surface area (Å²) in [6.07, 6.45) is 22.3. The van der Waals surface area contributed by atoms with E-state index >= 15 is 0 Å². The third-order valence-electron chi connectivity index (χ3n) is 9.24. The van der Waals surface area contributed by atoms with Crippen LogP contribution in [-0.2, 0) is 6.42 Å². The van der Waals surface area contributed by atoms with Crippen LogP contribution in [0.5, 0.6) is 0 Å². The Labute approximate surface area is 226 Å². The van der Waals surface area contributed by atoms with Crippen molar-refractivity contribution in [1.82, 2.24) is 0 Å². The molecule has 4 rings (SSSR count). The Bertz CT molecular complexity index is 924. The monoisotopic (exact) mass is 501 g/mol.